The van der Waals surface area contributed by atoms with E-state index in [9.17, 15) is 0 Å². The molecule has 0 fully saturated rings. The van der Waals surface area contributed by atoms with Crippen LogP contribution in [0.5, 0.6) is 0 Å². The van der Waals surface area contributed by atoms with Gasteiger partial charge in [-0.1, -0.05) is 178 Å². The maximum atomic E-state index is 3.88. The molecule has 0 radical (unpaired) electrons. The minimum atomic E-state index is 0. The third-order valence-electron chi connectivity index (χ3n) is 5.55. The lowest BCUT2D eigenvalue weighted by Crippen LogP contribution is -1.89. The molecule has 0 atom stereocenters. The normalized spacial score (nSPS) is 8.90. The van der Waals surface area contributed by atoms with Crippen LogP contribution in [-0.2, 0) is 12.8 Å². The standard InChI is InChI=1S/C15H16.C12H14.C8H10.C2H6.2CH4/c1-12-5-3-7-14(9-12)11-15-8-4-6-13(2)10-15;1-4-10(2)8-12-7-5-6-11(3)9-12;1-7-4-3-5-8(2)6-7;1-2;;/h3-10H,11H2,1-2H3;4-7,9H,1-2,8H2,3H3;3-6H,1-2H3;1-2H3;2*1H4. The van der Waals surface area contributed by atoms with Crippen molar-refractivity contribution in [3.8, 4) is 0 Å². The van der Waals surface area contributed by atoms with Crippen molar-refractivity contribution < 1.29 is 0 Å². The van der Waals surface area contributed by atoms with E-state index in [4.69, 9.17) is 0 Å². The van der Waals surface area contributed by atoms with E-state index in [0.717, 1.165) is 18.4 Å². The molecule has 0 aliphatic heterocycles. The van der Waals surface area contributed by atoms with Gasteiger partial charge in [-0.15, -0.1) is 0 Å². The molecule has 39 heavy (non-hydrogen) atoms. The fourth-order valence-corrected chi connectivity index (χ4v) is 3.84. The first-order valence-corrected chi connectivity index (χ1v) is 13.3. The van der Waals surface area contributed by atoms with Crippen molar-refractivity contribution in [2.75, 3.05) is 0 Å². The van der Waals surface area contributed by atoms with Crippen molar-refractivity contribution in [3.05, 3.63) is 166 Å². The molecule has 0 bridgehead atoms. The molecular formula is C39H54. The topological polar surface area (TPSA) is 0 Å². The monoisotopic (exact) mass is 522 g/mol. The first-order valence-electron chi connectivity index (χ1n) is 13.3. The zero-order valence-corrected chi connectivity index (χ0v) is 24.1. The zero-order chi connectivity index (χ0) is 27.6. The molecule has 0 aliphatic carbocycles. The summed E-state index contributed by atoms with van der Waals surface area (Å²) in [4.78, 5) is 0. The molecule has 0 heteroatoms. The van der Waals surface area contributed by atoms with E-state index in [1.807, 2.05) is 19.9 Å². The number of allylic oxidation sites excluding steroid dienone is 2. The van der Waals surface area contributed by atoms with E-state index in [2.05, 4.69) is 145 Å². The molecule has 0 saturated heterocycles. The summed E-state index contributed by atoms with van der Waals surface area (Å²) in [6, 6.07) is 34.3. The van der Waals surface area contributed by atoms with Gasteiger partial charge in [0, 0.05) is 0 Å². The van der Waals surface area contributed by atoms with Crippen LogP contribution in [0.2, 0.25) is 0 Å². The summed E-state index contributed by atoms with van der Waals surface area (Å²) in [7, 11) is 0. The average Bonchev–Trinajstić information content (AvgIpc) is 2.86. The second-order valence-corrected chi connectivity index (χ2v) is 9.34. The Kier molecular flexibility index (Phi) is 20.5. The zero-order valence-electron chi connectivity index (χ0n) is 24.1. The fraction of sp³-hybridized carbons (Fsp3) is 0.282. The Balaban J connectivity index is 0. The first kappa shape index (κ1) is 37.5. The van der Waals surface area contributed by atoms with Gasteiger partial charge in [0.2, 0.25) is 0 Å². The summed E-state index contributed by atoms with van der Waals surface area (Å²) >= 11 is 0. The summed E-state index contributed by atoms with van der Waals surface area (Å²) in [5, 5.41) is 0. The predicted octanol–water partition coefficient (Wildman–Crippen LogP) is 11.8. The van der Waals surface area contributed by atoms with E-state index in [-0.39, 0.29) is 14.9 Å². The minimum absolute atomic E-state index is 0. The van der Waals surface area contributed by atoms with Crippen LogP contribution in [0.25, 0.3) is 0 Å². The van der Waals surface area contributed by atoms with Crippen LogP contribution < -0.4 is 0 Å². The van der Waals surface area contributed by atoms with Gasteiger partial charge in [0.15, 0.2) is 0 Å². The highest BCUT2D eigenvalue weighted by atomic mass is 14.0. The SMILES string of the molecule is C.C.C=CC(=C)Cc1cccc(C)c1.CC.Cc1cccc(C)c1.Cc1cccc(Cc2cccc(C)c2)c1. The summed E-state index contributed by atoms with van der Waals surface area (Å²) in [5.41, 5.74) is 11.8. The van der Waals surface area contributed by atoms with Crippen LogP contribution in [0.1, 0.15) is 73.2 Å². The van der Waals surface area contributed by atoms with Crippen LogP contribution >= 0.6 is 0 Å². The molecule has 4 rings (SSSR count). The Hall–Kier alpha value is -3.64. The Bertz CT molecular complexity index is 1170. The highest BCUT2D eigenvalue weighted by molar-refractivity contribution is 5.31. The van der Waals surface area contributed by atoms with Crippen LogP contribution in [0.15, 0.2) is 122 Å². The quantitative estimate of drug-likeness (QED) is 0.229. The Morgan fingerprint density at radius 3 is 1.15 bits per heavy atom. The number of benzene rings is 4. The molecule has 0 aromatic heterocycles. The lowest BCUT2D eigenvalue weighted by atomic mass is 10.0. The smallest absolute Gasteiger partial charge is 0.00256 e. The van der Waals surface area contributed by atoms with Gasteiger partial charge < -0.3 is 0 Å². The highest BCUT2D eigenvalue weighted by Gasteiger charge is 1.97. The van der Waals surface area contributed by atoms with Crippen molar-refractivity contribution in [2.24, 2.45) is 0 Å². The van der Waals surface area contributed by atoms with E-state index in [0.29, 0.717) is 0 Å². The van der Waals surface area contributed by atoms with E-state index in [1.165, 1.54) is 44.5 Å². The maximum absolute atomic E-state index is 3.88. The predicted molar refractivity (Wildman–Crippen MR) is 180 cm³/mol. The molecule has 0 N–H and O–H groups in total. The summed E-state index contributed by atoms with van der Waals surface area (Å²) < 4.78 is 0. The summed E-state index contributed by atoms with van der Waals surface area (Å²) in [5.74, 6) is 0. The molecule has 0 spiro atoms. The minimum Gasteiger partial charge on any atom is -0.0988 e. The van der Waals surface area contributed by atoms with Crippen LogP contribution in [0.4, 0.5) is 0 Å². The molecule has 0 nitrogen and oxygen atoms in total. The molecule has 210 valence electrons. The van der Waals surface area contributed by atoms with Gasteiger partial charge in [-0.3, -0.25) is 0 Å². The average molecular weight is 523 g/mol. The van der Waals surface area contributed by atoms with Gasteiger partial charge >= 0.3 is 0 Å². The molecule has 0 heterocycles. The molecule has 4 aromatic carbocycles. The van der Waals surface area contributed by atoms with Crippen LogP contribution in [0, 0.1) is 34.6 Å². The van der Waals surface area contributed by atoms with Crippen molar-refractivity contribution in [3.63, 3.8) is 0 Å². The third kappa shape index (κ3) is 16.7. The molecule has 0 unspecified atom stereocenters. The lowest BCUT2D eigenvalue weighted by Gasteiger charge is -2.03. The van der Waals surface area contributed by atoms with Gasteiger partial charge in [0.05, 0.1) is 0 Å². The molecule has 0 aliphatic rings. The van der Waals surface area contributed by atoms with Gasteiger partial charge in [0.1, 0.15) is 0 Å². The number of hydrogen-bond acceptors (Lipinski definition) is 0. The van der Waals surface area contributed by atoms with E-state index < -0.39 is 0 Å². The van der Waals surface area contributed by atoms with Crippen LogP contribution in [-0.4, -0.2) is 0 Å². The second kappa shape index (κ2) is 21.3. The maximum Gasteiger partial charge on any atom is -0.00256 e. The van der Waals surface area contributed by atoms with Crippen molar-refractivity contribution in [1.82, 2.24) is 0 Å². The van der Waals surface area contributed by atoms with Gasteiger partial charge in [-0.25, -0.2) is 0 Å². The van der Waals surface area contributed by atoms with Gasteiger partial charge in [-0.2, -0.15) is 0 Å². The summed E-state index contributed by atoms with van der Waals surface area (Å²) in [6.07, 6.45) is 3.75. The fourth-order valence-electron chi connectivity index (χ4n) is 3.84. The molecule has 4 aromatic rings. The summed E-state index contributed by atoms with van der Waals surface area (Å²) in [6.45, 7) is 22.1. The Morgan fingerprint density at radius 2 is 0.846 bits per heavy atom. The lowest BCUT2D eigenvalue weighted by molar-refractivity contribution is 1.17. The second-order valence-electron chi connectivity index (χ2n) is 9.34. The first-order chi connectivity index (χ1) is 17.7. The van der Waals surface area contributed by atoms with Gasteiger partial charge in [0.25, 0.3) is 0 Å². The van der Waals surface area contributed by atoms with Crippen molar-refractivity contribution in [2.45, 2.75) is 76.2 Å². The largest absolute Gasteiger partial charge is 0.0988 e. The van der Waals surface area contributed by atoms with Crippen molar-refractivity contribution in [1.29, 1.82) is 0 Å². The number of rotatable bonds is 5. The van der Waals surface area contributed by atoms with Gasteiger partial charge in [-0.05, 0) is 64.2 Å². The molecule has 0 saturated carbocycles. The highest BCUT2D eigenvalue weighted by Crippen LogP contribution is 2.12. The number of aryl methyl sites for hydroxylation is 5. The van der Waals surface area contributed by atoms with Crippen molar-refractivity contribution >= 4 is 0 Å². The number of hydrogen-bond donors (Lipinski definition) is 0. The Morgan fingerprint density at radius 1 is 0.538 bits per heavy atom. The molecule has 0 amide bonds. The third-order valence-corrected chi connectivity index (χ3v) is 5.55. The van der Waals surface area contributed by atoms with E-state index in [1.54, 1.807) is 0 Å². The molecular weight excluding hydrogens is 468 g/mol. The Labute approximate surface area is 242 Å². The van der Waals surface area contributed by atoms with E-state index >= 15 is 0 Å². The van der Waals surface area contributed by atoms with Crippen LogP contribution in [0.3, 0.4) is 0 Å².